The van der Waals surface area contributed by atoms with E-state index in [1.807, 2.05) is 0 Å². The van der Waals surface area contributed by atoms with E-state index < -0.39 is 35.9 Å². The standard InChI is InChI=1S/C37H68O7/c1-4-6-8-10-12-14-16-18-20-22-24-26-28-30-33(39)43-35(32(3)38)36(37(41)42)44-34(40)31-29-27-25-23-21-19-17-15-13-11-9-7-5-2/h35-36H,4-31H2,1-3H3,(H,41,42). The van der Waals surface area contributed by atoms with Crippen LogP contribution < -0.4 is 0 Å². The van der Waals surface area contributed by atoms with Gasteiger partial charge in [-0.2, -0.15) is 0 Å². The van der Waals surface area contributed by atoms with Crippen LogP contribution in [0.4, 0.5) is 0 Å². The van der Waals surface area contributed by atoms with Gasteiger partial charge in [0, 0.05) is 12.8 Å². The lowest BCUT2D eigenvalue weighted by atomic mass is 10.0. The van der Waals surface area contributed by atoms with Crippen LogP contribution in [0.3, 0.4) is 0 Å². The Labute approximate surface area is 270 Å². The van der Waals surface area contributed by atoms with Crippen LogP contribution in [-0.4, -0.2) is 41.0 Å². The zero-order valence-corrected chi connectivity index (χ0v) is 28.9. The molecule has 0 amide bonds. The lowest BCUT2D eigenvalue weighted by molar-refractivity contribution is -0.181. The van der Waals surface area contributed by atoms with Crippen molar-refractivity contribution in [1.82, 2.24) is 0 Å². The zero-order chi connectivity index (χ0) is 32.7. The van der Waals surface area contributed by atoms with Crippen molar-refractivity contribution >= 4 is 23.7 Å². The molecule has 0 saturated carbocycles. The molecule has 0 fully saturated rings. The average molecular weight is 625 g/mol. The molecule has 0 aliphatic rings. The molecule has 0 aliphatic carbocycles. The van der Waals surface area contributed by atoms with E-state index in [2.05, 4.69) is 13.8 Å². The van der Waals surface area contributed by atoms with Gasteiger partial charge in [-0.15, -0.1) is 0 Å². The van der Waals surface area contributed by atoms with Crippen molar-refractivity contribution in [3.8, 4) is 0 Å². The van der Waals surface area contributed by atoms with Gasteiger partial charge >= 0.3 is 17.9 Å². The van der Waals surface area contributed by atoms with E-state index >= 15 is 0 Å². The third-order valence-corrected chi connectivity index (χ3v) is 8.40. The zero-order valence-electron chi connectivity index (χ0n) is 28.9. The number of hydrogen-bond acceptors (Lipinski definition) is 6. The van der Waals surface area contributed by atoms with E-state index in [0.29, 0.717) is 12.8 Å². The first kappa shape index (κ1) is 42.1. The lowest BCUT2D eigenvalue weighted by Crippen LogP contribution is -2.45. The van der Waals surface area contributed by atoms with Crippen LogP contribution in [0.2, 0.25) is 0 Å². The van der Waals surface area contributed by atoms with Crippen molar-refractivity contribution < 1.29 is 33.8 Å². The molecule has 0 heterocycles. The molecule has 0 saturated heterocycles. The van der Waals surface area contributed by atoms with Gasteiger partial charge in [0.25, 0.3) is 0 Å². The summed E-state index contributed by atoms with van der Waals surface area (Å²) in [5.74, 6) is -3.45. The number of rotatable bonds is 33. The number of hydrogen-bond donors (Lipinski definition) is 1. The Morgan fingerprint density at radius 3 is 0.932 bits per heavy atom. The van der Waals surface area contributed by atoms with Gasteiger partial charge in [-0.3, -0.25) is 14.4 Å². The Hall–Kier alpha value is -1.92. The van der Waals surface area contributed by atoms with Crippen molar-refractivity contribution in [2.45, 2.75) is 213 Å². The normalized spacial score (nSPS) is 12.5. The number of ketones is 1. The molecule has 0 aliphatic heterocycles. The summed E-state index contributed by atoms with van der Waals surface area (Å²) in [6.45, 7) is 5.63. The molecule has 0 spiro atoms. The van der Waals surface area contributed by atoms with Gasteiger partial charge in [0.15, 0.2) is 5.78 Å². The molecule has 0 rings (SSSR count). The molecule has 258 valence electrons. The second-order valence-corrected chi connectivity index (χ2v) is 12.8. The highest BCUT2D eigenvalue weighted by Gasteiger charge is 2.38. The summed E-state index contributed by atoms with van der Waals surface area (Å²) < 4.78 is 10.3. The number of carboxylic acid groups (broad SMARTS) is 1. The Morgan fingerprint density at radius 2 is 0.682 bits per heavy atom. The summed E-state index contributed by atoms with van der Waals surface area (Å²) in [7, 11) is 0. The summed E-state index contributed by atoms with van der Waals surface area (Å²) in [5, 5.41) is 9.62. The number of Topliss-reactive ketones (excluding diaryl/α,β-unsaturated/α-hetero) is 1. The van der Waals surface area contributed by atoms with Crippen LogP contribution in [0.1, 0.15) is 201 Å². The molecule has 0 aromatic rings. The predicted octanol–water partition coefficient (Wildman–Crippen LogP) is 10.4. The van der Waals surface area contributed by atoms with Gasteiger partial charge in [0.1, 0.15) is 0 Å². The molecule has 0 radical (unpaired) electrons. The molecule has 7 nitrogen and oxygen atoms in total. The van der Waals surface area contributed by atoms with E-state index in [-0.39, 0.29) is 12.8 Å². The molecular formula is C37H68O7. The van der Waals surface area contributed by atoms with Crippen molar-refractivity contribution in [1.29, 1.82) is 0 Å². The van der Waals surface area contributed by atoms with Crippen LogP contribution >= 0.6 is 0 Å². The van der Waals surface area contributed by atoms with E-state index in [9.17, 15) is 24.3 Å². The number of ether oxygens (including phenoxy) is 2. The van der Waals surface area contributed by atoms with Gasteiger partial charge < -0.3 is 14.6 Å². The molecule has 1 N–H and O–H groups in total. The van der Waals surface area contributed by atoms with E-state index in [0.717, 1.165) is 45.4 Å². The number of carbonyl (C=O) groups excluding carboxylic acids is 3. The quantitative estimate of drug-likeness (QED) is 0.0571. The van der Waals surface area contributed by atoms with Crippen LogP contribution in [0.25, 0.3) is 0 Å². The molecule has 0 bridgehead atoms. The third kappa shape index (κ3) is 26.5. The van der Waals surface area contributed by atoms with Crippen molar-refractivity contribution in [2.24, 2.45) is 0 Å². The lowest BCUT2D eigenvalue weighted by Gasteiger charge is -2.22. The van der Waals surface area contributed by atoms with Crippen molar-refractivity contribution in [3.05, 3.63) is 0 Å². The summed E-state index contributed by atoms with van der Waals surface area (Å²) in [4.78, 5) is 48.7. The summed E-state index contributed by atoms with van der Waals surface area (Å²) in [5.41, 5.74) is 0. The number of carbonyl (C=O) groups is 4. The second-order valence-electron chi connectivity index (χ2n) is 12.8. The highest BCUT2D eigenvalue weighted by atomic mass is 16.6. The van der Waals surface area contributed by atoms with Crippen LogP contribution in [-0.2, 0) is 28.7 Å². The van der Waals surface area contributed by atoms with E-state index in [1.54, 1.807) is 0 Å². The smallest absolute Gasteiger partial charge is 0.349 e. The summed E-state index contributed by atoms with van der Waals surface area (Å²) in [6.07, 6.45) is 27.5. The number of aliphatic carboxylic acids is 1. The van der Waals surface area contributed by atoms with Crippen LogP contribution in [0.15, 0.2) is 0 Å². The Kier molecular flexibility index (Phi) is 29.7. The average Bonchev–Trinajstić information content (AvgIpc) is 2.99. The van der Waals surface area contributed by atoms with Gasteiger partial charge in [-0.1, -0.05) is 168 Å². The van der Waals surface area contributed by atoms with Gasteiger partial charge in [0.2, 0.25) is 12.2 Å². The molecule has 2 unspecified atom stereocenters. The summed E-state index contributed by atoms with van der Waals surface area (Å²) >= 11 is 0. The minimum Gasteiger partial charge on any atom is -0.478 e. The maximum absolute atomic E-state index is 12.4. The van der Waals surface area contributed by atoms with E-state index in [4.69, 9.17) is 9.47 Å². The van der Waals surface area contributed by atoms with E-state index in [1.165, 1.54) is 116 Å². The van der Waals surface area contributed by atoms with Crippen molar-refractivity contribution in [3.63, 3.8) is 0 Å². The maximum atomic E-state index is 12.4. The van der Waals surface area contributed by atoms with Crippen LogP contribution in [0, 0.1) is 0 Å². The topological polar surface area (TPSA) is 107 Å². The number of esters is 2. The Bertz CT molecular complexity index is 661. The Balaban J connectivity index is 4.07. The molecule has 7 heteroatoms. The fourth-order valence-electron chi connectivity index (χ4n) is 5.57. The Morgan fingerprint density at radius 1 is 0.432 bits per heavy atom. The number of carboxylic acids is 1. The molecule has 0 aromatic heterocycles. The fraction of sp³-hybridized carbons (Fsp3) is 0.892. The molecular weight excluding hydrogens is 556 g/mol. The molecule has 0 aromatic carbocycles. The van der Waals surface area contributed by atoms with Gasteiger partial charge in [0.05, 0.1) is 0 Å². The first-order chi connectivity index (χ1) is 21.3. The highest BCUT2D eigenvalue weighted by molar-refractivity contribution is 5.91. The van der Waals surface area contributed by atoms with Crippen LogP contribution in [0.5, 0.6) is 0 Å². The highest BCUT2D eigenvalue weighted by Crippen LogP contribution is 2.16. The molecule has 44 heavy (non-hydrogen) atoms. The molecule has 2 atom stereocenters. The monoisotopic (exact) mass is 624 g/mol. The largest absolute Gasteiger partial charge is 0.478 e. The fourth-order valence-corrected chi connectivity index (χ4v) is 5.57. The predicted molar refractivity (Wildman–Crippen MR) is 179 cm³/mol. The van der Waals surface area contributed by atoms with Gasteiger partial charge in [-0.05, 0) is 19.8 Å². The second kappa shape index (κ2) is 31.1. The number of unbranched alkanes of at least 4 members (excludes halogenated alkanes) is 24. The van der Waals surface area contributed by atoms with Crippen molar-refractivity contribution in [2.75, 3.05) is 0 Å². The minimum absolute atomic E-state index is 0.0824. The maximum Gasteiger partial charge on any atom is 0.349 e. The minimum atomic E-state index is -1.82. The summed E-state index contributed by atoms with van der Waals surface area (Å²) in [6, 6.07) is 0. The third-order valence-electron chi connectivity index (χ3n) is 8.40. The SMILES string of the molecule is CCCCCCCCCCCCCCCC(=O)OC(C(C)=O)C(OC(=O)CCCCCCCCCCCCCCC)C(=O)O. The van der Waals surface area contributed by atoms with Gasteiger partial charge in [-0.25, -0.2) is 4.79 Å². The first-order valence-corrected chi connectivity index (χ1v) is 18.5. The first-order valence-electron chi connectivity index (χ1n) is 18.5.